The molecule has 76 valence electrons. The number of hydrogen-bond donors (Lipinski definition) is 0. The van der Waals surface area contributed by atoms with E-state index in [4.69, 9.17) is 0 Å². The van der Waals surface area contributed by atoms with E-state index in [-0.39, 0.29) is 5.92 Å². The molecule has 0 spiro atoms. The van der Waals surface area contributed by atoms with Crippen LogP contribution in [-0.4, -0.2) is 5.78 Å². The van der Waals surface area contributed by atoms with Crippen LogP contribution >= 0.6 is 0 Å². The monoisotopic (exact) mass is 198 g/mol. The van der Waals surface area contributed by atoms with Gasteiger partial charge in [0.15, 0.2) is 0 Å². The summed E-state index contributed by atoms with van der Waals surface area (Å²) in [5, 5.41) is 0. The van der Waals surface area contributed by atoms with E-state index >= 15 is 0 Å². The Morgan fingerprint density at radius 3 is 2.67 bits per heavy atom. The lowest BCUT2D eigenvalue weighted by Crippen LogP contribution is -2.26. The van der Waals surface area contributed by atoms with Crippen molar-refractivity contribution in [2.45, 2.75) is 18.8 Å². The predicted octanol–water partition coefficient (Wildman–Crippen LogP) is 2.94. The van der Waals surface area contributed by atoms with Crippen molar-refractivity contribution in [1.29, 1.82) is 0 Å². The molecule has 15 heavy (non-hydrogen) atoms. The summed E-state index contributed by atoms with van der Waals surface area (Å²) in [5.41, 5.74) is 1.19. The summed E-state index contributed by atoms with van der Waals surface area (Å²) in [6.45, 7) is 0. The highest BCUT2D eigenvalue weighted by Gasteiger charge is 2.38. The topological polar surface area (TPSA) is 17.1 Å². The normalized spacial score (nSPS) is 33.3. The van der Waals surface area contributed by atoms with E-state index in [1.165, 1.54) is 12.0 Å². The lowest BCUT2D eigenvalue weighted by molar-refractivity contribution is -0.123. The zero-order valence-corrected chi connectivity index (χ0v) is 8.60. The number of carbonyl (C=O) groups is 1. The summed E-state index contributed by atoms with van der Waals surface area (Å²) in [4.78, 5) is 12.0. The number of fused-ring (bicyclic) bond motifs is 2. The summed E-state index contributed by atoms with van der Waals surface area (Å²) < 4.78 is 0. The van der Waals surface area contributed by atoms with Crippen molar-refractivity contribution in [3.63, 3.8) is 0 Å². The Labute approximate surface area is 89.8 Å². The fourth-order valence-electron chi connectivity index (χ4n) is 2.92. The van der Waals surface area contributed by atoms with Gasteiger partial charge in [-0.2, -0.15) is 0 Å². The van der Waals surface area contributed by atoms with Gasteiger partial charge in [-0.3, -0.25) is 4.79 Å². The predicted molar refractivity (Wildman–Crippen MR) is 59.5 cm³/mol. The van der Waals surface area contributed by atoms with Crippen LogP contribution in [0.1, 0.15) is 24.3 Å². The number of ketones is 1. The molecule has 1 aromatic rings. The first kappa shape index (κ1) is 8.90. The van der Waals surface area contributed by atoms with Crippen LogP contribution in [0.5, 0.6) is 0 Å². The van der Waals surface area contributed by atoms with Gasteiger partial charge >= 0.3 is 0 Å². The second kappa shape index (κ2) is 3.34. The maximum Gasteiger partial charge on any atom is 0.141 e. The summed E-state index contributed by atoms with van der Waals surface area (Å²) in [6.07, 6.45) is 6.39. The second-order valence-electron chi connectivity index (χ2n) is 4.60. The maximum atomic E-state index is 12.0. The highest BCUT2D eigenvalue weighted by molar-refractivity contribution is 5.88. The molecule has 0 heterocycles. The Bertz CT molecular complexity index is 405. The molecule has 3 atom stereocenters. The minimum absolute atomic E-state index is 0.126. The zero-order chi connectivity index (χ0) is 10.3. The average molecular weight is 198 g/mol. The second-order valence-corrected chi connectivity index (χ2v) is 4.60. The van der Waals surface area contributed by atoms with Crippen LogP contribution in [-0.2, 0) is 4.79 Å². The van der Waals surface area contributed by atoms with Crippen LogP contribution in [0, 0.1) is 11.8 Å². The van der Waals surface area contributed by atoms with Gasteiger partial charge in [0.1, 0.15) is 5.78 Å². The minimum atomic E-state index is 0.126. The molecule has 1 fully saturated rings. The van der Waals surface area contributed by atoms with Crippen molar-refractivity contribution in [2.24, 2.45) is 11.8 Å². The SMILES string of the molecule is O=C1C[C@@H]2C=C[C@@H](C2)C1c1ccccc1. The first-order chi connectivity index (χ1) is 7.34. The Morgan fingerprint density at radius 1 is 1.07 bits per heavy atom. The zero-order valence-electron chi connectivity index (χ0n) is 8.60. The number of Topliss-reactive ketones (excluding diaryl/α,β-unsaturated/α-hetero) is 1. The molecule has 1 aromatic carbocycles. The van der Waals surface area contributed by atoms with Crippen LogP contribution in [0.4, 0.5) is 0 Å². The highest BCUT2D eigenvalue weighted by Crippen LogP contribution is 2.43. The van der Waals surface area contributed by atoms with Crippen molar-refractivity contribution in [1.82, 2.24) is 0 Å². The van der Waals surface area contributed by atoms with Gasteiger partial charge in [-0.15, -0.1) is 0 Å². The van der Waals surface area contributed by atoms with Gasteiger partial charge < -0.3 is 0 Å². The smallest absolute Gasteiger partial charge is 0.141 e. The molecule has 2 aliphatic carbocycles. The van der Waals surface area contributed by atoms with Crippen LogP contribution in [0.3, 0.4) is 0 Å². The van der Waals surface area contributed by atoms with E-state index in [9.17, 15) is 4.79 Å². The molecule has 1 saturated carbocycles. The summed E-state index contributed by atoms with van der Waals surface area (Å²) >= 11 is 0. The number of benzene rings is 1. The Balaban J connectivity index is 1.98. The Hall–Kier alpha value is -1.37. The maximum absolute atomic E-state index is 12.0. The van der Waals surface area contributed by atoms with Crippen molar-refractivity contribution in [2.75, 3.05) is 0 Å². The summed E-state index contributed by atoms with van der Waals surface area (Å²) in [5.74, 6) is 1.54. The molecule has 1 heteroatoms. The average Bonchev–Trinajstić information content (AvgIpc) is 2.62. The van der Waals surface area contributed by atoms with Crippen molar-refractivity contribution >= 4 is 5.78 Å². The fraction of sp³-hybridized carbons (Fsp3) is 0.357. The third-order valence-corrected chi connectivity index (χ3v) is 3.60. The lowest BCUT2D eigenvalue weighted by atomic mass is 9.75. The van der Waals surface area contributed by atoms with E-state index in [1.54, 1.807) is 0 Å². The molecule has 0 aromatic heterocycles. The Kier molecular flexibility index (Phi) is 1.98. The molecule has 1 nitrogen and oxygen atoms in total. The number of carbonyl (C=O) groups excluding carboxylic acids is 1. The molecule has 0 saturated heterocycles. The first-order valence-corrected chi connectivity index (χ1v) is 5.60. The van der Waals surface area contributed by atoms with Crippen LogP contribution in [0.2, 0.25) is 0 Å². The molecular formula is C14H14O. The molecule has 1 unspecified atom stereocenters. The minimum Gasteiger partial charge on any atom is -0.299 e. The molecule has 0 radical (unpaired) electrons. The first-order valence-electron chi connectivity index (χ1n) is 5.60. The van der Waals surface area contributed by atoms with Gasteiger partial charge in [-0.25, -0.2) is 0 Å². The molecule has 0 N–H and O–H groups in total. The molecule has 2 aliphatic rings. The van der Waals surface area contributed by atoms with Gasteiger partial charge in [-0.05, 0) is 23.8 Å². The summed E-state index contributed by atoms with van der Waals surface area (Å²) in [7, 11) is 0. The number of hydrogen-bond acceptors (Lipinski definition) is 1. The summed E-state index contributed by atoms with van der Waals surface area (Å²) in [6, 6.07) is 10.2. The standard InChI is InChI=1S/C14H14O/c15-13-9-10-6-7-12(8-10)14(13)11-4-2-1-3-5-11/h1-7,10,12,14H,8-9H2/t10-,12+,14?/m1/s1. The lowest BCUT2D eigenvalue weighted by Gasteiger charge is -2.27. The quantitative estimate of drug-likeness (QED) is 0.634. The largest absolute Gasteiger partial charge is 0.299 e. The van der Waals surface area contributed by atoms with Crippen molar-refractivity contribution < 1.29 is 4.79 Å². The third kappa shape index (κ3) is 1.43. The molecular weight excluding hydrogens is 184 g/mol. The van der Waals surface area contributed by atoms with E-state index in [1.807, 2.05) is 18.2 Å². The van der Waals surface area contributed by atoms with Crippen molar-refractivity contribution in [3.05, 3.63) is 48.0 Å². The van der Waals surface area contributed by atoms with Gasteiger partial charge in [0, 0.05) is 12.3 Å². The molecule has 2 bridgehead atoms. The number of rotatable bonds is 1. The van der Waals surface area contributed by atoms with E-state index in [2.05, 4.69) is 24.3 Å². The fourth-order valence-corrected chi connectivity index (χ4v) is 2.92. The van der Waals surface area contributed by atoms with Crippen LogP contribution in [0.15, 0.2) is 42.5 Å². The number of allylic oxidation sites excluding steroid dienone is 2. The van der Waals surface area contributed by atoms with E-state index < -0.39 is 0 Å². The van der Waals surface area contributed by atoms with Gasteiger partial charge in [0.25, 0.3) is 0 Å². The van der Waals surface area contributed by atoms with Gasteiger partial charge in [0.05, 0.1) is 0 Å². The molecule has 3 rings (SSSR count). The van der Waals surface area contributed by atoms with E-state index in [0.29, 0.717) is 17.6 Å². The van der Waals surface area contributed by atoms with E-state index in [0.717, 1.165) is 6.42 Å². The van der Waals surface area contributed by atoms with Gasteiger partial charge in [0.2, 0.25) is 0 Å². The molecule has 0 aliphatic heterocycles. The third-order valence-electron chi connectivity index (χ3n) is 3.60. The van der Waals surface area contributed by atoms with Crippen LogP contribution in [0.25, 0.3) is 0 Å². The Morgan fingerprint density at radius 2 is 1.87 bits per heavy atom. The van der Waals surface area contributed by atoms with Crippen LogP contribution < -0.4 is 0 Å². The highest BCUT2D eigenvalue weighted by atomic mass is 16.1. The van der Waals surface area contributed by atoms with Crippen molar-refractivity contribution in [3.8, 4) is 0 Å². The van der Waals surface area contributed by atoms with Gasteiger partial charge in [-0.1, -0.05) is 42.5 Å². The molecule has 0 amide bonds.